The minimum Gasteiger partial charge on any atom is -0.532 e. The highest BCUT2D eigenvalue weighted by Gasteiger charge is 2.37. The molecule has 24 heavy (non-hydrogen) atoms. The van der Waals surface area contributed by atoms with Crippen LogP contribution in [-0.2, 0) is 18.4 Å². The van der Waals surface area contributed by atoms with E-state index in [0.29, 0.717) is 6.61 Å². The van der Waals surface area contributed by atoms with Crippen LogP contribution in [0.5, 0.6) is 0 Å². The molecule has 0 bridgehead atoms. The van der Waals surface area contributed by atoms with Gasteiger partial charge in [-0.1, -0.05) is 20.8 Å². The van der Waals surface area contributed by atoms with Gasteiger partial charge in [0.25, 0.3) is 0 Å². The molecule has 0 unspecified atom stereocenters. The minimum atomic E-state index is -2.12. The molecule has 0 N–H and O–H groups in total. The van der Waals surface area contributed by atoms with Crippen LogP contribution in [0.1, 0.15) is 62.3 Å². The zero-order valence-electron chi connectivity index (χ0n) is 17.6. The van der Waals surface area contributed by atoms with Crippen molar-refractivity contribution >= 4 is 15.1 Å². The summed E-state index contributed by atoms with van der Waals surface area (Å²) in [7, 11) is -1.82. The van der Waals surface area contributed by atoms with E-state index in [2.05, 4.69) is 45.6 Å². The zero-order chi connectivity index (χ0) is 19.2. The molecule has 0 radical (unpaired) electrons. The van der Waals surface area contributed by atoms with Crippen LogP contribution in [0.15, 0.2) is 0 Å². The van der Waals surface area contributed by atoms with Crippen molar-refractivity contribution in [2.24, 2.45) is 0 Å². The van der Waals surface area contributed by atoms with E-state index in [4.69, 9.17) is 18.4 Å². The van der Waals surface area contributed by atoms with Gasteiger partial charge in [-0.15, -0.1) is 5.92 Å². The van der Waals surface area contributed by atoms with E-state index in [9.17, 15) is 0 Å². The predicted octanol–water partition coefficient (Wildman–Crippen LogP) is 4.76. The fourth-order valence-electron chi connectivity index (χ4n) is 1.87. The van der Waals surface area contributed by atoms with Gasteiger partial charge in [0, 0.05) is 18.3 Å². The molecule has 0 heterocycles. The predicted molar refractivity (Wildman–Crippen MR) is 105 cm³/mol. The Bertz CT molecular complexity index is 404. The summed E-state index contributed by atoms with van der Waals surface area (Å²) in [6.45, 7) is 21.1. The summed E-state index contributed by atoms with van der Waals surface area (Å²) in [6.07, 6.45) is -0.130. The molecule has 0 spiro atoms. The molecule has 0 atom stereocenters. The highest BCUT2D eigenvalue weighted by molar-refractivity contribution is 6.74. The third-order valence-corrected chi connectivity index (χ3v) is 8.42. The van der Waals surface area contributed by atoms with Crippen LogP contribution in [0.25, 0.3) is 0 Å². The van der Waals surface area contributed by atoms with Gasteiger partial charge in [-0.25, -0.2) is 5.82 Å². The Morgan fingerprint density at radius 1 is 0.833 bits per heavy atom. The van der Waals surface area contributed by atoms with Gasteiger partial charge in [0.2, 0.25) is 0 Å². The van der Waals surface area contributed by atoms with Gasteiger partial charge < -0.3 is 18.4 Å². The first-order valence-electron chi connectivity index (χ1n) is 9.01. The third kappa shape index (κ3) is 8.68. The molecule has 0 aromatic carbocycles. The Labute approximate surface area is 151 Å². The van der Waals surface area contributed by atoms with Crippen molar-refractivity contribution in [1.82, 2.24) is 0 Å². The van der Waals surface area contributed by atoms with Gasteiger partial charge in [-0.05, 0) is 59.7 Å². The Balaban J connectivity index is 5.25. The van der Waals surface area contributed by atoms with Crippen LogP contribution in [-0.4, -0.2) is 40.0 Å². The van der Waals surface area contributed by atoms with Crippen LogP contribution < -0.4 is 0 Å². The maximum Gasteiger partial charge on any atom is 0.457 e. The molecule has 0 aromatic rings. The maximum absolute atomic E-state index is 6.11. The molecule has 142 valence electrons. The smallest absolute Gasteiger partial charge is 0.457 e. The summed E-state index contributed by atoms with van der Waals surface area (Å²) < 4.78 is 24.0. The first kappa shape index (κ1) is 23.7. The fourth-order valence-corrected chi connectivity index (χ4v) is 2.74. The molecule has 6 heteroatoms. The molecule has 4 nitrogen and oxygen atoms in total. The van der Waals surface area contributed by atoms with E-state index in [1.807, 2.05) is 41.5 Å². The quantitative estimate of drug-likeness (QED) is 0.463. The van der Waals surface area contributed by atoms with Crippen molar-refractivity contribution in [3.63, 3.8) is 0 Å². The highest BCUT2D eigenvalue weighted by atomic mass is 28.4. The second-order valence-corrected chi connectivity index (χ2v) is 13.4. The van der Waals surface area contributed by atoms with Gasteiger partial charge >= 0.3 is 6.75 Å². The van der Waals surface area contributed by atoms with Crippen LogP contribution >= 0.6 is 0 Å². The standard InChI is InChI=1S/C18H38BO4Si/c1-15(2)21-19(22-16(3)4,23-17(5)6)13-12-14-20-24(10,11)18(7,8)9/h15-17H,14H2,1-11H3/q-1. The van der Waals surface area contributed by atoms with Gasteiger partial charge in [-0.2, -0.15) is 0 Å². The van der Waals surface area contributed by atoms with Crippen LogP contribution in [0.3, 0.4) is 0 Å². The maximum atomic E-state index is 6.11. The zero-order valence-corrected chi connectivity index (χ0v) is 18.6. The van der Waals surface area contributed by atoms with Crippen molar-refractivity contribution in [3.8, 4) is 11.7 Å². The molecular weight excluding hydrogens is 319 g/mol. The normalized spacial score (nSPS) is 13.6. The number of hydrogen-bond acceptors (Lipinski definition) is 4. The molecule has 0 aromatic heterocycles. The molecule has 0 saturated carbocycles. The van der Waals surface area contributed by atoms with Crippen molar-refractivity contribution in [2.75, 3.05) is 6.61 Å². The molecular formula is C18H38BO4Si-. The fraction of sp³-hybridized carbons (Fsp3) is 0.889. The first-order chi connectivity index (χ1) is 10.7. The molecule has 0 fully saturated rings. The van der Waals surface area contributed by atoms with Crippen LogP contribution in [0.4, 0.5) is 0 Å². The summed E-state index contributed by atoms with van der Waals surface area (Å²) in [6, 6.07) is 0. The molecule has 0 aliphatic heterocycles. The third-order valence-electron chi connectivity index (χ3n) is 3.94. The Kier molecular flexibility index (Phi) is 9.27. The average molecular weight is 357 g/mol. The second kappa shape index (κ2) is 9.40. The molecule has 0 amide bonds. The van der Waals surface area contributed by atoms with Gasteiger partial charge in [0.05, 0.1) is 6.61 Å². The number of hydrogen-bond donors (Lipinski definition) is 0. The molecule has 0 saturated heterocycles. The highest BCUT2D eigenvalue weighted by Crippen LogP contribution is 2.36. The molecule has 0 rings (SSSR count). The van der Waals surface area contributed by atoms with Crippen molar-refractivity contribution in [2.45, 2.75) is 98.8 Å². The van der Waals surface area contributed by atoms with E-state index in [-0.39, 0.29) is 23.4 Å². The Morgan fingerprint density at radius 2 is 1.21 bits per heavy atom. The van der Waals surface area contributed by atoms with Gasteiger partial charge in [0.15, 0.2) is 8.32 Å². The molecule has 0 aliphatic rings. The summed E-state index contributed by atoms with van der Waals surface area (Å²) in [5.41, 5.74) is 0. The van der Waals surface area contributed by atoms with E-state index in [1.165, 1.54) is 0 Å². The van der Waals surface area contributed by atoms with Crippen LogP contribution in [0, 0.1) is 11.7 Å². The second-order valence-electron chi connectivity index (χ2n) is 8.57. The summed E-state index contributed by atoms with van der Waals surface area (Å²) in [5.74, 6) is 6.18. The number of rotatable bonds is 8. The van der Waals surface area contributed by atoms with Gasteiger partial charge in [0.1, 0.15) is 0 Å². The van der Waals surface area contributed by atoms with E-state index in [0.717, 1.165) is 0 Å². The Morgan fingerprint density at radius 3 is 1.50 bits per heavy atom. The lowest BCUT2D eigenvalue weighted by Gasteiger charge is -2.42. The van der Waals surface area contributed by atoms with Crippen molar-refractivity contribution < 1.29 is 18.4 Å². The summed E-state index contributed by atoms with van der Waals surface area (Å²) >= 11 is 0. The summed E-state index contributed by atoms with van der Waals surface area (Å²) in [4.78, 5) is 0. The SMILES string of the molecule is CC(C)O[B-](C#CCO[Si](C)(C)C(C)(C)C)(OC(C)C)OC(C)C. The van der Waals surface area contributed by atoms with E-state index in [1.54, 1.807) is 0 Å². The Hall–Kier alpha value is -0.318. The van der Waals surface area contributed by atoms with Crippen molar-refractivity contribution in [3.05, 3.63) is 0 Å². The first-order valence-corrected chi connectivity index (χ1v) is 11.9. The van der Waals surface area contributed by atoms with Gasteiger partial charge in [-0.3, -0.25) is 0 Å². The lowest BCUT2D eigenvalue weighted by molar-refractivity contribution is 0.0162. The lowest BCUT2D eigenvalue weighted by atomic mass is 9.78. The van der Waals surface area contributed by atoms with Crippen molar-refractivity contribution in [1.29, 1.82) is 0 Å². The minimum absolute atomic E-state index is 0.0434. The topological polar surface area (TPSA) is 36.9 Å². The lowest BCUT2D eigenvalue weighted by Crippen LogP contribution is -2.50. The largest absolute Gasteiger partial charge is 0.532 e. The van der Waals surface area contributed by atoms with E-state index >= 15 is 0 Å². The average Bonchev–Trinajstić information content (AvgIpc) is 2.30. The monoisotopic (exact) mass is 357 g/mol. The van der Waals surface area contributed by atoms with E-state index < -0.39 is 15.1 Å². The summed E-state index contributed by atoms with van der Waals surface area (Å²) in [5, 5.41) is 0.161. The van der Waals surface area contributed by atoms with Crippen LogP contribution in [0.2, 0.25) is 18.1 Å². The molecule has 0 aliphatic carbocycles.